The maximum absolute atomic E-state index is 13.4. The van der Waals surface area contributed by atoms with Crippen molar-refractivity contribution in [2.24, 2.45) is 0 Å². The average molecular weight is 416 g/mol. The molecule has 0 atom stereocenters. The van der Waals surface area contributed by atoms with Crippen molar-refractivity contribution < 1.29 is 13.5 Å². The summed E-state index contributed by atoms with van der Waals surface area (Å²) < 4.78 is 24.4. The number of ether oxygens (including phenoxy) is 1. The molecule has 152 valence electrons. The normalized spacial score (nSPS) is 16.2. The minimum absolute atomic E-state index is 0.260. The highest BCUT2D eigenvalue weighted by molar-refractivity contribution is 6.32. The van der Waals surface area contributed by atoms with Crippen molar-refractivity contribution in [2.75, 3.05) is 13.2 Å². The minimum atomic E-state index is -0.388. The molecule has 1 aliphatic heterocycles. The second kappa shape index (κ2) is 8.27. The summed E-state index contributed by atoms with van der Waals surface area (Å²) in [6, 6.07) is 11.8. The van der Waals surface area contributed by atoms with Gasteiger partial charge in [0, 0.05) is 41.8 Å². The molecule has 2 heterocycles. The lowest BCUT2D eigenvalue weighted by molar-refractivity contribution is 0.0358. The van der Waals surface area contributed by atoms with E-state index < -0.39 is 0 Å². The van der Waals surface area contributed by atoms with E-state index in [2.05, 4.69) is 5.32 Å². The van der Waals surface area contributed by atoms with Crippen LogP contribution in [0.15, 0.2) is 51.7 Å². The molecule has 2 aromatic carbocycles. The lowest BCUT2D eigenvalue weighted by atomic mass is 9.82. The first-order chi connectivity index (χ1) is 14.0. The van der Waals surface area contributed by atoms with E-state index in [0.717, 1.165) is 41.3 Å². The van der Waals surface area contributed by atoms with E-state index in [1.54, 1.807) is 0 Å². The lowest BCUT2D eigenvalue weighted by Crippen LogP contribution is -2.46. The predicted molar refractivity (Wildman–Crippen MR) is 112 cm³/mol. The molecule has 4 rings (SSSR count). The van der Waals surface area contributed by atoms with Gasteiger partial charge in [-0.2, -0.15) is 0 Å². The summed E-state index contributed by atoms with van der Waals surface area (Å²) in [6.07, 6.45) is 2.28. The third-order valence-electron chi connectivity index (χ3n) is 5.74. The average Bonchev–Trinajstić information content (AvgIpc) is 2.73. The Hall–Kier alpha value is -2.21. The molecule has 6 heteroatoms. The van der Waals surface area contributed by atoms with Gasteiger partial charge in [-0.25, -0.2) is 9.18 Å². The van der Waals surface area contributed by atoms with Crippen molar-refractivity contribution in [1.82, 2.24) is 5.32 Å². The van der Waals surface area contributed by atoms with Crippen molar-refractivity contribution in [2.45, 2.75) is 38.3 Å². The molecule has 0 radical (unpaired) electrons. The van der Waals surface area contributed by atoms with Gasteiger partial charge in [0.25, 0.3) is 0 Å². The van der Waals surface area contributed by atoms with Gasteiger partial charge < -0.3 is 14.5 Å². The van der Waals surface area contributed by atoms with Crippen molar-refractivity contribution in [1.29, 1.82) is 0 Å². The zero-order valence-corrected chi connectivity index (χ0v) is 17.0. The second-order valence-corrected chi connectivity index (χ2v) is 7.85. The molecule has 1 fully saturated rings. The summed E-state index contributed by atoms with van der Waals surface area (Å²) in [4.78, 5) is 12.1. The fourth-order valence-electron chi connectivity index (χ4n) is 4.03. The number of hydrogen-bond donors (Lipinski definition) is 1. The first-order valence-electron chi connectivity index (χ1n) is 9.85. The van der Waals surface area contributed by atoms with Gasteiger partial charge in [-0.1, -0.05) is 30.7 Å². The van der Waals surface area contributed by atoms with Crippen LogP contribution >= 0.6 is 11.6 Å². The number of fused-ring (bicyclic) bond motifs is 1. The Labute approximate surface area is 173 Å². The Bertz CT molecular complexity index is 1070. The van der Waals surface area contributed by atoms with Gasteiger partial charge in [0.15, 0.2) is 0 Å². The summed E-state index contributed by atoms with van der Waals surface area (Å²) in [5.74, 6) is -0.260. The van der Waals surface area contributed by atoms with Crippen LogP contribution in [0.4, 0.5) is 4.39 Å². The molecule has 1 saturated heterocycles. The zero-order chi connectivity index (χ0) is 20.4. The maximum Gasteiger partial charge on any atom is 0.336 e. The standard InChI is InChI=1S/C23H23ClFNO3/c1-2-15-11-21-19(13-20(15)24)16(12-22(27)29-21)14-26-23(7-9-28-10-8-23)17-3-5-18(25)6-4-17/h3-6,11-13,26H,2,7-10,14H2,1H3. The van der Waals surface area contributed by atoms with Gasteiger partial charge in [-0.3, -0.25) is 0 Å². The summed E-state index contributed by atoms with van der Waals surface area (Å²) >= 11 is 6.41. The number of halogens is 2. The molecule has 0 saturated carbocycles. The van der Waals surface area contributed by atoms with Crippen molar-refractivity contribution in [3.05, 3.63) is 80.4 Å². The number of rotatable bonds is 5. The fourth-order valence-corrected chi connectivity index (χ4v) is 4.32. The van der Waals surface area contributed by atoms with Crippen LogP contribution in [0.1, 0.15) is 36.5 Å². The summed E-state index contributed by atoms with van der Waals surface area (Å²) in [5, 5.41) is 5.11. The van der Waals surface area contributed by atoms with E-state index in [1.807, 2.05) is 31.2 Å². The van der Waals surface area contributed by atoms with Crippen LogP contribution in [0.3, 0.4) is 0 Å². The molecule has 0 bridgehead atoms. The van der Waals surface area contributed by atoms with Crippen molar-refractivity contribution >= 4 is 22.6 Å². The molecule has 0 unspecified atom stereocenters. The van der Waals surface area contributed by atoms with E-state index in [-0.39, 0.29) is 17.0 Å². The third kappa shape index (κ3) is 4.08. The molecule has 0 aliphatic carbocycles. The van der Waals surface area contributed by atoms with E-state index in [9.17, 15) is 9.18 Å². The third-order valence-corrected chi connectivity index (χ3v) is 6.09. The van der Waals surface area contributed by atoms with E-state index in [1.165, 1.54) is 18.2 Å². The Balaban J connectivity index is 1.70. The SMILES string of the molecule is CCc1cc2oc(=O)cc(CNC3(c4ccc(F)cc4)CCOCC3)c2cc1Cl. The van der Waals surface area contributed by atoms with Gasteiger partial charge >= 0.3 is 5.63 Å². The van der Waals surface area contributed by atoms with Gasteiger partial charge in [0.2, 0.25) is 0 Å². The number of nitrogens with one attached hydrogen (secondary N) is 1. The Kier molecular flexibility index (Phi) is 5.72. The van der Waals surface area contributed by atoms with Crippen molar-refractivity contribution in [3.63, 3.8) is 0 Å². The van der Waals surface area contributed by atoms with Crippen molar-refractivity contribution in [3.8, 4) is 0 Å². The van der Waals surface area contributed by atoms with Crippen LogP contribution in [0.2, 0.25) is 5.02 Å². The molecular formula is C23H23ClFNO3. The van der Waals surface area contributed by atoms with Gasteiger partial charge in [-0.15, -0.1) is 0 Å². The highest BCUT2D eigenvalue weighted by Gasteiger charge is 2.34. The summed E-state index contributed by atoms with van der Waals surface area (Å²) in [5.41, 5.74) is 2.59. The van der Waals surface area contributed by atoms with Gasteiger partial charge in [0.1, 0.15) is 11.4 Å². The van der Waals surface area contributed by atoms with Crippen LogP contribution in [0.25, 0.3) is 11.0 Å². The molecule has 29 heavy (non-hydrogen) atoms. The van der Waals surface area contributed by atoms with Crippen LogP contribution in [0.5, 0.6) is 0 Å². The molecule has 1 N–H and O–H groups in total. The largest absolute Gasteiger partial charge is 0.423 e. The highest BCUT2D eigenvalue weighted by Crippen LogP contribution is 2.33. The Morgan fingerprint density at radius 1 is 1.10 bits per heavy atom. The first-order valence-corrected chi connectivity index (χ1v) is 10.2. The molecule has 1 aliphatic rings. The predicted octanol–water partition coefficient (Wildman–Crippen LogP) is 4.94. The Morgan fingerprint density at radius 2 is 1.83 bits per heavy atom. The number of aryl methyl sites for hydroxylation is 1. The van der Waals surface area contributed by atoms with Crippen LogP contribution in [-0.4, -0.2) is 13.2 Å². The quantitative estimate of drug-likeness (QED) is 0.599. The first kappa shape index (κ1) is 20.1. The molecule has 4 nitrogen and oxygen atoms in total. The topological polar surface area (TPSA) is 51.5 Å². The van der Waals surface area contributed by atoms with Crippen LogP contribution in [0, 0.1) is 5.82 Å². The number of benzene rings is 2. The minimum Gasteiger partial charge on any atom is -0.423 e. The van der Waals surface area contributed by atoms with Gasteiger partial charge in [-0.05, 0) is 60.2 Å². The number of hydrogen-bond acceptors (Lipinski definition) is 4. The molecule has 3 aromatic rings. The second-order valence-electron chi connectivity index (χ2n) is 7.44. The molecule has 1 aromatic heterocycles. The van der Waals surface area contributed by atoms with Gasteiger partial charge in [0.05, 0.1) is 0 Å². The van der Waals surface area contributed by atoms with Crippen LogP contribution in [-0.2, 0) is 23.2 Å². The maximum atomic E-state index is 13.4. The molecule has 0 spiro atoms. The zero-order valence-electron chi connectivity index (χ0n) is 16.3. The molecule has 0 amide bonds. The monoisotopic (exact) mass is 415 g/mol. The lowest BCUT2D eigenvalue weighted by Gasteiger charge is -2.39. The smallest absolute Gasteiger partial charge is 0.336 e. The molecular weight excluding hydrogens is 393 g/mol. The van der Waals surface area contributed by atoms with E-state index >= 15 is 0 Å². The Morgan fingerprint density at radius 3 is 2.52 bits per heavy atom. The van der Waals surface area contributed by atoms with Crippen LogP contribution < -0.4 is 10.9 Å². The summed E-state index contributed by atoms with van der Waals surface area (Å²) in [6.45, 7) is 3.71. The summed E-state index contributed by atoms with van der Waals surface area (Å²) in [7, 11) is 0. The highest BCUT2D eigenvalue weighted by atomic mass is 35.5. The van der Waals surface area contributed by atoms with E-state index in [0.29, 0.717) is 30.4 Å². The van der Waals surface area contributed by atoms with E-state index in [4.69, 9.17) is 20.8 Å². The fraction of sp³-hybridized carbons (Fsp3) is 0.348.